The number of rotatable bonds is 26. The minimum absolute atomic E-state index is 0.0996. The smallest absolute Gasteiger partial charge is 0.487 e. The van der Waals surface area contributed by atoms with Crippen LogP contribution in [0.5, 0.6) is 0 Å². The molecule has 85 heavy (non-hydrogen) atoms. The molecule has 35 nitrogen and oxygen atoms in total. The van der Waals surface area contributed by atoms with Crippen LogP contribution in [0.25, 0.3) is 22.1 Å². The second-order valence-electron chi connectivity index (χ2n) is 15.9. The molecule has 7 rings (SSSR count). The molecule has 2 fully saturated rings. The number of ether oxygens (including phenoxy) is 4. The van der Waals surface area contributed by atoms with Crippen LogP contribution < -0.4 is 32.7 Å². The van der Waals surface area contributed by atoms with E-state index in [-0.39, 0.29) is 49.4 Å². The van der Waals surface area contributed by atoms with E-state index >= 15 is 0 Å². The highest BCUT2D eigenvalue weighted by atomic mass is 33.1. The maximum Gasteiger partial charge on any atom is 0.487 e. The van der Waals surface area contributed by atoms with E-state index in [1.54, 1.807) is 49.3 Å². The Hall–Kier alpha value is -2.21. The van der Waals surface area contributed by atoms with Crippen LogP contribution in [-0.4, -0.2) is 145 Å². The zero-order valence-corrected chi connectivity index (χ0v) is 54.1. The highest BCUT2D eigenvalue weighted by Gasteiger charge is 2.45. The van der Waals surface area contributed by atoms with Crippen LogP contribution in [0.1, 0.15) is 36.4 Å². The molecule has 0 bridgehead atoms. The molecular formula is C38H53N11O24P6S6-2. The molecule has 0 radical (unpaired) electrons. The zero-order valence-electron chi connectivity index (χ0n) is 43.8. The van der Waals surface area contributed by atoms with E-state index in [1.807, 2.05) is 37.0 Å². The molecule has 8 unspecified atom stereocenters. The minimum atomic E-state index is -5.77. The normalized spacial score (nSPS) is 22.7. The summed E-state index contributed by atoms with van der Waals surface area (Å²) in [6, 6.07) is 5.91. The molecule has 0 saturated carbocycles. The van der Waals surface area contributed by atoms with E-state index in [1.165, 1.54) is 55.8 Å². The number of nitrogens with zero attached hydrogens (tertiary/aromatic N) is 7. The number of fused-ring (bicyclic) bond motifs is 2. The van der Waals surface area contributed by atoms with Crippen LogP contribution >= 0.6 is 112 Å². The highest BCUT2D eigenvalue weighted by molar-refractivity contribution is 8.77. The van der Waals surface area contributed by atoms with Gasteiger partial charge >= 0.3 is 31.3 Å². The van der Waals surface area contributed by atoms with E-state index in [9.17, 15) is 56.8 Å². The van der Waals surface area contributed by atoms with Crippen molar-refractivity contribution in [2.45, 2.75) is 54.7 Å². The Labute approximate surface area is 507 Å². The lowest BCUT2D eigenvalue weighted by molar-refractivity contribution is -0.214. The van der Waals surface area contributed by atoms with Crippen molar-refractivity contribution < 1.29 is 112 Å². The largest absolute Gasteiger partial charge is 0.756 e. The van der Waals surface area contributed by atoms with Crippen molar-refractivity contribution in [1.82, 2.24) is 34.1 Å². The van der Waals surface area contributed by atoms with Crippen molar-refractivity contribution in [3.63, 3.8) is 0 Å². The molecule has 2 aliphatic rings. The quantitative estimate of drug-likeness (QED) is 0.0124. The third-order valence-electron chi connectivity index (χ3n) is 10.2. The number of nitrogens with two attached hydrogens (primary N) is 4. The summed E-state index contributed by atoms with van der Waals surface area (Å²) in [5, 5.41) is 2.02. The maximum absolute atomic E-state index is 12.2. The van der Waals surface area contributed by atoms with Crippen LogP contribution in [-0.2, 0) is 72.6 Å². The van der Waals surface area contributed by atoms with E-state index in [0.29, 0.717) is 33.2 Å². The summed E-state index contributed by atoms with van der Waals surface area (Å²) >= 11 is 0. The third-order valence-corrected chi connectivity index (χ3v) is 22.3. The van der Waals surface area contributed by atoms with E-state index in [2.05, 4.69) is 65.8 Å². The molecule has 0 amide bonds. The molecule has 47 heteroatoms. The topological polar surface area (TPSA) is 541 Å². The summed E-state index contributed by atoms with van der Waals surface area (Å²) in [6.07, 6.45) is 8.81. The average molecular weight is 1430 g/mol. The lowest BCUT2D eigenvalue weighted by Gasteiger charge is -2.22. The van der Waals surface area contributed by atoms with E-state index in [0.717, 1.165) is 5.03 Å². The number of anilines is 2. The molecule has 5 aromatic heterocycles. The van der Waals surface area contributed by atoms with Gasteiger partial charge in [0, 0.05) is 31.4 Å². The molecule has 2 saturated heterocycles. The Bertz CT molecular complexity index is 3270. The van der Waals surface area contributed by atoms with Gasteiger partial charge in [-0.2, -0.15) is 8.62 Å². The fraction of sp³-hybridized carbons (Fsp3) is 0.447. The summed E-state index contributed by atoms with van der Waals surface area (Å²) in [4.78, 5) is 97.3. The van der Waals surface area contributed by atoms with Crippen molar-refractivity contribution in [3.8, 4) is 23.7 Å². The zero-order chi connectivity index (χ0) is 62.8. The standard InChI is InChI=1S/2C16H24N5O12P3S2.C6H7NS2/c2*1-37-38-9-29-11-5-13(21-6-10(3-2-4-17)14-15(18)19-8-20-16(14)21)31-12(11)7-30-35(25,26)33-36(27,28)32-34(22,23)24;1-8-9-6-4-2-3-5-7-6/h2*6,8,11-13H,4-5,7,9,17H2,1H3,(H,25,26)(H,27,28)(H2,18,19,20)(H2,22,23,24);2-5H,1H3/p-2/t2*11?,12-,13-;/m11./s1. The number of aromatic nitrogens is 7. The molecule has 0 spiro atoms. The van der Waals surface area contributed by atoms with Crippen molar-refractivity contribution in [3.05, 3.63) is 60.6 Å². The molecule has 472 valence electrons. The number of hydrogen-bond acceptors (Lipinski definition) is 33. The number of phosphoric acid groups is 6. The summed E-state index contributed by atoms with van der Waals surface area (Å²) in [5.41, 5.74) is 24.8. The molecular weight excluding hydrogens is 1370 g/mol. The van der Waals surface area contributed by atoms with E-state index < -0.39 is 97.0 Å². The first-order valence-electron chi connectivity index (χ1n) is 23.0. The van der Waals surface area contributed by atoms with Gasteiger partial charge < -0.3 is 90.2 Å². The van der Waals surface area contributed by atoms with E-state index in [4.69, 9.17) is 60.7 Å². The van der Waals surface area contributed by atoms with Crippen molar-refractivity contribution in [1.29, 1.82) is 0 Å². The molecule has 0 aliphatic carbocycles. The van der Waals surface area contributed by atoms with Crippen molar-refractivity contribution in [2.75, 3.05) is 68.4 Å². The predicted octanol–water partition coefficient (Wildman–Crippen LogP) is 3.80. The summed E-state index contributed by atoms with van der Waals surface area (Å²) in [7, 11) is -24.7. The van der Waals surface area contributed by atoms with Gasteiger partial charge in [0.25, 0.3) is 15.6 Å². The van der Waals surface area contributed by atoms with Gasteiger partial charge in [0.15, 0.2) is 0 Å². The lowest BCUT2D eigenvalue weighted by Crippen LogP contribution is -2.28. The first kappa shape index (κ1) is 73.5. The average Bonchev–Trinajstić information content (AvgIpc) is 1.84. The first-order chi connectivity index (χ1) is 39.9. The Morgan fingerprint density at radius 3 is 1.40 bits per heavy atom. The maximum atomic E-state index is 12.2. The Morgan fingerprint density at radius 1 is 0.624 bits per heavy atom. The van der Waals surface area contributed by atoms with Gasteiger partial charge in [0.2, 0.25) is 0 Å². The van der Waals surface area contributed by atoms with Gasteiger partial charge in [-0.1, -0.05) is 83.7 Å². The molecule has 7 heterocycles. The number of phosphoric ester groups is 2. The second-order valence-corrected chi connectivity index (χ2v) is 32.1. The monoisotopic (exact) mass is 1430 g/mol. The minimum Gasteiger partial charge on any atom is -0.756 e. The molecule has 0 aromatic carbocycles. The Morgan fingerprint density at radius 2 is 1.05 bits per heavy atom. The van der Waals surface area contributed by atoms with Crippen molar-refractivity contribution in [2.24, 2.45) is 11.5 Å². The highest BCUT2D eigenvalue weighted by Crippen LogP contribution is 2.66. The third kappa shape index (κ3) is 24.2. The molecule has 2 aliphatic heterocycles. The van der Waals surface area contributed by atoms with Gasteiger partial charge in [0.05, 0.1) is 60.4 Å². The first-order valence-corrected chi connectivity index (χ1v) is 40.0. The lowest BCUT2D eigenvalue weighted by atomic mass is 10.2. The van der Waals surface area contributed by atoms with Crippen LogP contribution in [0.3, 0.4) is 0 Å². The van der Waals surface area contributed by atoms with Gasteiger partial charge in [-0.25, -0.2) is 51.8 Å². The summed E-state index contributed by atoms with van der Waals surface area (Å²) in [5.74, 6) is 12.1. The van der Waals surface area contributed by atoms with Crippen LogP contribution in [0, 0.1) is 23.7 Å². The SMILES string of the molecule is CSSCOC1C[C@H](n2cc(C#CCN)c3c(N)ncnc32)O[C@@H]1COP(=O)(O)OP(=O)(O)OP(=O)([O-])O.CSSCOC1C[C@H](n2cc(C#CCN)c3c(N)ncnc32)O[C@@H]1COP(=O)(O)OP(=O)(O)OP(=O)([O-])O.CSSc1ccccn1. The van der Waals surface area contributed by atoms with Crippen LogP contribution in [0.4, 0.5) is 11.6 Å². The summed E-state index contributed by atoms with van der Waals surface area (Å²) in [6.45, 7) is -1.18. The fourth-order valence-electron chi connectivity index (χ4n) is 7.27. The van der Waals surface area contributed by atoms with Gasteiger partial charge in [-0.3, -0.25) is 18.2 Å². The van der Waals surface area contributed by atoms with Crippen LogP contribution in [0.15, 0.2) is 54.5 Å². The summed E-state index contributed by atoms with van der Waals surface area (Å²) < 4.78 is 120. The molecule has 14 N–H and O–H groups in total. The molecule has 12 atom stereocenters. The number of hydrogen-bond donors (Lipinski definition) is 10. The van der Waals surface area contributed by atoms with Gasteiger partial charge in [0.1, 0.15) is 77.2 Å². The molecule has 5 aromatic rings. The Balaban J connectivity index is 0.000000270. The van der Waals surface area contributed by atoms with Gasteiger partial charge in [-0.05, 0) is 41.7 Å². The second kappa shape index (κ2) is 33.7. The predicted molar refractivity (Wildman–Crippen MR) is 313 cm³/mol. The Kier molecular flexibility index (Phi) is 29.2. The number of nitrogen functional groups attached to an aromatic ring is 2. The van der Waals surface area contributed by atoms with Crippen molar-refractivity contribution >= 4 is 145 Å². The number of pyridine rings is 1. The van der Waals surface area contributed by atoms with Crippen LogP contribution in [0.2, 0.25) is 0 Å². The fourth-order valence-corrected chi connectivity index (χ4v) is 16.0. The van der Waals surface area contributed by atoms with Gasteiger partial charge in [-0.15, -0.1) is 0 Å².